The molecular formula is C23H33NO4. The Balaban J connectivity index is 1.91. The Bertz CT molecular complexity index is 690. The van der Waals surface area contributed by atoms with E-state index in [1.165, 1.54) is 0 Å². The summed E-state index contributed by atoms with van der Waals surface area (Å²) < 4.78 is 16.4. The average Bonchev–Trinajstić information content (AvgIpc) is 2.68. The van der Waals surface area contributed by atoms with Crippen molar-refractivity contribution in [1.82, 2.24) is 4.90 Å². The van der Waals surface area contributed by atoms with Gasteiger partial charge in [-0.15, -0.1) is 0 Å². The summed E-state index contributed by atoms with van der Waals surface area (Å²) in [6, 6.07) is 15.9. The van der Waals surface area contributed by atoms with E-state index in [1.54, 1.807) is 14.2 Å². The minimum atomic E-state index is -0.539. The van der Waals surface area contributed by atoms with Gasteiger partial charge in [-0.25, -0.2) is 0 Å². The van der Waals surface area contributed by atoms with Crippen LogP contribution in [0.4, 0.5) is 0 Å². The molecule has 2 aromatic rings. The molecule has 1 atom stereocenters. The lowest BCUT2D eigenvalue weighted by Gasteiger charge is -2.27. The quantitative estimate of drug-likeness (QED) is 0.601. The number of hydrogen-bond acceptors (Lipinski definition) is 5. The Morgan fingerprint density at radius 1 is 0.893 bits per heavy atom. The van der Waals surface area contributed by atoms with Gasteiger partial charge >= 0.3 is 0 Å². The predicted molar refractivity (Wildman–Crippen MR) is 112 cm³/mol. The van der Waals surface area contributed by atoms with E-state index >= 15 is 0 Å². The van der Waals surface area contributed by atoms with Crippen LogP contribution in [0.2, 0.25) is 0 Å². The molecule has 0 heterocycles. The molecule has 2 aromatic carbocycles. The summed E-state index contributed by atoms with van der Waals surface area (Å²) in [4.78, 5) is 2.25. The summed E-state index contributed by atoms with van der Waals surface area (Å²) in [7, 11) is 3.27. The Labute approximate surface area is 168 Å². The number of methoxy groups -OCH3 is 2. The first-order valence-electron chi connectivity index (χ1n) is 9.74. The van der Waals surface area contributed by atoms with Gasteiger partial charge in [0.15, 0.2) is 11.5 Å². The first-order valence-corrected chi connectivity index (χ1v) is 9.74. The highest BCUT2D eigenvalue weighted by molar-refractivity contribution is 5.42. The van der Waals surface area contributed by atoms with Gasteiger partial charge in [-0.05, 0) is 29.2 Å². The molecule has 0 bridgehead atoms. The molecule has 0 radical (unpaired) electrons. The van der Waals surface area contributed by atoms with Crippen LogP contribution in [0.3, 0.4) is 0 Å². The standard InChI is InChI=1S/C23H33NO4/c1-18(2)13-24(14-20-10-11-22(26-3)23(12-20)27-4)15-21(25)17-28-16-19-8-6-5-7-9-19/h5-12,18,21,25H,13-17H2,1-4H3/t21-/m0/s1. The molecule has 0 saturated carbocycles. The van der Waals surface area contributed by atoms with Crippen molar-refractivity contribution in [2.45, 2.75) is 33.1 Å². The zero-order valence-corrected chi connectivity index (χ0v) is 17.4. The number of nitrogens with zero attached hydrogens (tertiary/aromatic N) is 1. The fraction of sp³-hybridized carbons (Fsp3) is 0.478. The number of rotatable bonds is 12. The van der Waals surface area contributed by atoms with Gasteiger partial charge in [0.05, 0.1) is 33.5 Å². The van der Waals surface area contributed by atoms with Crippen LogP contribution in [-0.2, 0) is 17.9 Å². The van der Waals surface area contributed by atoms with Gasteiger partial charge < -0.3 is 19.3 Å². The van der Waals surface area contributed by atoms with Gasteiger partial charge in [-0.1, -0.05) is 50.2 Å². The molecule has 1 N–H and O–H groups in total. The summed E-state index contributed by atoms with van der Waals surface area (Å²) >= 11 is 0. The van der Waals surface area contributed by atoms with Gasteiger partial charge in [0.1, 0.15) is 0 Å². The molecule has 5 nitrogen and oxygen atoms in total. The molecule has 0 saturated heterocycles. The van der Waals surface area contributed by atoms with E-state index in [-0.39, 0.29) is 0 Å². The topological polar surface area (TPSA) is 51.2 Å². The number of aliphatic hydroxyl groups excluding tert-OH is 1. The molecular weight excluding hydrogens is 354 g/mol. The Morgan fingerprint density at radius 3 is 2.25 bits per heavy atom. The Morgan fingerprint density at radius 2 is 1.61 bits per heavy atom. The van der Waals surface area contributed by atoms with Crippen molar-refractivity contribution < 1.29 is 19.3 Å². The second-order valence-electron chi connectivity index (χ2n) is 7.43. The fourth-order valence-electron chi connectivity index (χ4n) is 3.20. The molecule has 0 amide bonds. The fourth-order valence-corrected chi connectivity index (χ4v) is 3.20. The van der Waals surface area contributed by atoms with E-state index in [0.717, 1.165) is 35.7 Å². The van der Waals surface area contributed by atoms with Crippen molar-refractivity contribution in [1.29, 1.82) is 0 Å². The Kier molecular flexibility index (Phi) is 9.28. The lowest BCUT2D eigenvalue weighted by Crippen LogP contribution is -2.36. The second kappa shape index (κ2) is 11.7. The van der Waals surface area contributed by atoms with Crippen LogP contribution >= 0.6 is 0 Å². The van der Waals surface area contributed by atoms with E-state index in [1.807, 2.05) is 48.5 Å². The average molecular weight is 388 g/mol. The Hall–Kier alpha value is -2.08. The van der Waals surface area contributed by atoms with E-state index in [4.69, 9.17) is 14.2 Å². The monoisotopic (exact) mass is 387 g/mol. The maximum atomic E-state index is 10.5. The molecule has 154 valence electrons. The zero-order valence-electron chi connectivity index (χ0n) is 17.4. The van der Waals surface area contributed by atoms with Crippen LogP contribution in [-0.4, -0.2) is 50.0 Å². The summed E-state index contributed by atoms with van der Waals surface area (Å²) in [5.41, 5.74) is 2.23. The number of aliphatic hydroxyl groups is 1. The molecule has 5 heteroatoms. The second-order valence-corrected chi connectivity index (χ2v) is 7.43. The highest BCUT2D eigenvalue weighted by Gasteiger charge is 2.15. The van der Waals surface area contributed by atoms with Crippen molar-refractivity contribution in [2.75, 3.05) is 33.9 Å². The summed E-state index contributed by atoms with van der Waals surface area (Å²) in [5.74, 6) is 1.94. The third-order valence-electron chi connectivity index (χ3n) is 4.37. The van der Waals surface area contributed by atoms with Crippen molar-refractivity contribution in [3.63, 3.8) is 0 Å². The maximum absolute atomic E-state index is 10.5. The largest absolute Gasteiger partial charge is 0.493 e. The van der Waals surface area contributed by atoms with E-state index in [2.05, 4.69) is 18.7 Å². The summed E-state index contributed by atoms with van der Waals surface area (Å²) in [6.45, 7) is 7.37. The molecule has 0 aliphatic rings. The molecule has 0 aromatic heterocycles. The molecule has 0 aliphatic carbocycles. The third-order valence-corrected chi connectivity index (χ3v) is 4.37. The third kappa shape index (κ3) is 7.50. The normalized spacial score (nSPS) is 12.4. The van der Waals surface area contributed by atoms with Crippen LogP contribution in [0.1, 0.15) is 25.0 Å². The van der Waals surface area contributed by atoms with Gasteiger partial charge in [-0.2, -0.15) is 0 Å². The minimum absolute atomic E-state index is 0.315. The highest BCUT2D eigenvalue weighted by Crippen LogP contribution is 2.28. The molecule has 0 spiro atoms. The molecule has 0 fully saturated rings. The molecule has 2 rings (SSSR count). The molecule has 28 heavy (non-hydrogen) atoms. The number of hydrogen-bond donors (Lipinski definition) is 1. The van der Waals surface area contributed by atoms with Crippen molar-refractivity contribution >= 4 is 0 Å². The molecule has 0 unspecified atom stereocenters. The SMILES string of the molecule is COc1ccc(CN(CC(C)C)C[C@H](O)COCc2ccccc2)cc1OC. The van der Waals surface area contributed by atoms with E-state index < -0.39 is 6.10 Å². The number of benzene rings is 2. The van der Waals surface area contributed by atoms with E-state index in [0.29, 0.717) is 25.7 Å². The maximum Gasteiger partial charge on any atom is 0.161 e. The number of ether oxygens (including phenoxy) is 3. The highest BCUT2D eigenvalue weighted by atomic mass is 16.5. The van der Waals surface area contributed by atoms with Crippen LogP contribution in [0.15, 0.2) is 48.5 Å². The van der Waals surface area contributed by atoms with Crippen LogP contribution in [0, 0.1) is 5.92 Å². The van der Waals surface area contributed by atoms with E-state index in [9.17, 15) is 5.11 Å². The molecule has 0 aliphatic heterocycles. The van der Waals surface area contributed by atoms with Crippen molar-refractivity contribution in [3.05, 3.63) is 59.7 Å². The summed E-state index contributed by atoms with van der Waals surface area (Å²) in [6.07, 6.45) is -0.539. The van der Waals surface area contributed by atoms with Gasteiger partial charge in [0.2, 0.25) is 0 Å². The van der Waals surface area contributed by atoms with Gasteiger partial charge in [0.25, 0.3) is 0 Å². The lowest BCUT2D eigenvalue weighted by atomic mass is 10.1. The van der Waals surface area contributed by atoms with Crippen LogP contribution < -0.4 is 9.47 Å². The van der Waals surface area contributed by atoms with Crippen molar-refractivity contribution in [2.24, 2.45) is 5.92 Å². The van der Waals surface area contributed by atoms with Crippen molar-refractivity contribution in [3.8, 4) is 11.5 Å². The minimum Gasteiger partial charge on any atom is -0.493 e. The first-order chi connectivity index (χ1) is 13.5. The summed E-state index contributed by atoms with van der Waals surface area (Å²) in [5, 5.41) is 10.5. The smallest absolute Gasteiger partial charge is 0.161 e. The predicted octanol–water partition coefficient (Wildman–Crippen LogP) is 3.74. The lowest BCUT2D eigenvalue weighted by molar-refractivity contribution is 0.00677. The van der Waals surface area contributed by atoms with Gasteiger partial charge in [-0.3, -0.25) is 4.90 Å². The van der Waals surface area contributed by atoms with Gasteiger partial charge in [0, 0.05) is 19.6 Å². The van der Waals surface area contributed by atoms with Crippen LogP contribution in [0.25, 0.3) is 0 Å². The zero-order chi connectivity index (χ0) is 20.4. The first kappa shape index (κ1) is 22.2. The van der Waals surface area contributed by atoms with Crippen LogP contribution in [0.5, 0.6) is 11.5 Å².